The third-order valence-electron chi connectivity index (χ3n) is 3.42. The molecule has 0 saturated heterocycles. The van der Waals surface area contributed by atoms with Crippen molar-refractivity contribution in [2.75, 3.05) is 0 Å². The zero-order valence-electron chi connectivity index (χ0n) is 11.0. The van der Waals surface area contributed by atoms with E-state index in [0.29, 0.717) is 0 Å². The van der Waals surface area contributed by atoms with E-state index in [2.05, 4.69) is 76.8 Å². The second-order valence-electron chi connectivity index (χ2n) is 4.86. The molecule has 0 bridgehead atoms. The molecule has 3 nitrogen and oxygen atoms in total. The molecule has 1 aromatic heterocycles. The average molecular weight is 475 g/mol. The normalized spacial score (nSPS) is 12.8. The van der Waals surface area contributed by atoms with E-state index in [-0.39, 0.29) is 10.5 Å². The number of hydrogen-bond donors (Lipinski definition) is 2. The van der Waals surface area contributed by atoms with Gasteiger partial charge in [-0.05, 0) is 47.9 Å². The summed E-state index contributed by atoms with van der Waals surface area (Å²) in [6.07, 6.45) is 0. The van der Waals surface area contributed by atoms with Crippen molar-refractivity contribution in [2.45, 2.75) is 11.8 Å². The van der Waals surface area contributed by atoms with Crippen LogP contribution in [0.2, 0.25) is 0 Å². The molecule has 2 N–H and O–H groups in total. The summed E-state index contributed by atoms with van der Waals surface area (Å²) in [4.78, 5) is 17.0. The van der Waals surface area contributed by atoms with Crippen LogP contribution in [0.3, 0.4) is 0 Å². The fourth-order valence-electron chi connectivity index (χ4n) is 2.32. The predicted molar refractivity (Wildman–Crippen MR) is 96.3 cm³/mol. The smallest absolute Gasteiger partial charge is 0.306 e. The van der Waals surface area contributed by atoms with Crippen molar-refractivity contribution < 1.29 is 0 Å². The molecule has 1 atom stereocenters. The van der Waals surface area contributed by atoms with Gasteiger partial charge in [0.15, 0.2) is 0 Å². The molecule has 0 aliphatic rings. The third-order valence-corrected chi connectivity index (χ3v) is 5.59. The molecule has 0 fully saturated rings. The van der Waals surface area contributed by atoms with Crippen LogP contribution in [0.1, 0.15) is 21.5 Å². The number of rotatable bonds is 2. The number of H-pyrrole nitrogens is 2. The van der Waals surface area contributed by atoms with Crippen molar-refractivity contribution in [3.8, 4) is 0 Å². The van der Waals surface area contributed by atoms with E-state index in [1.165, 1.54) is 11.1 Å². The Morgan fingerprint density at radius 1 is 1.00 bits per heavy atom. The van der Waals surface area contributed by atoms with E-state index in [1.807, 2.05) is 18.2 Å². The number of halogens is 3. The van der Waals surface area contributed by atoms with E-state index in [9.17, 15) is 4.79 Å². The van der Waals surface area contributed by atoms with Crippen LogP contribution in [0.15, 0.2) is 44.1 Å². The summed E-state index contributed by atoms with van der Waals surface area (Å²) in [5, 5.41) is 0. The molecule has 3 aromatic rings. The average Bonchev–Trinajstić information content (AvgIpc) is 2.79. The largest absolute Gasteiger partial charge is 0.323 e. The molecule has 0 radical (unpaired) electrons. The highest BCUT2D eigenvalue weighted by Gasteiger charge is 2.17. The SMILES string of the molecule is Cc1ccc(Br)cc1C(Br)c1cc2[nH]c(=O)[nH]c2cc1Br. The van der Waals surface area contributed by atoms with Crippen molar-refractivity contribution in [2.24, 2.45) is 0 Å². The van der Waals surface area contributed by atoms with Gasteiger partial charge in [-0.1, -0.05) is 53.9 Å². The Kier molecular flexibility index (Phi) is 4.12. The topological polar surface area (TPSA) is 48.6 Å². The fraction of sp³-hybridized carbons (Fsp3) is 0.133. The van der Waals surface area contributed by atoms with Gasteiger partial charge in [0.2, 0.25) is 0 Å². The van der Waals surface area contributed by atoms with Crippen LogP contribution in [0, 0.1) is 6.92 Å². The van der Waals surface area contributed by atoms with Crippen molar-refractivity contribution >= 4 is 58.8 Å². The van der Waals surface area contributed by atoms with Crippen molar-refractivity contribution in [3.63, 3.8) is 0 Å². The maximum Gasteiger partial charge on any atom is 0.323 e. The van der Waals surface area contributed by atoms with Crippen LogP contribution in [-0.2, 0) is 0 Å². The highest BCUT2D eigenvalue weighted by molar-refractivity contribution is 9.11. The van der Waals surface area contributed by atoms with E-state index >= 15 is 0 Å². The van der Waals surface area contributed by atoms with Crippen molar-refractivity contribution in [3.05, 3.63) is 66.5 Å². The van der Waals surface area contributed by atoms with E-state index in [4.69, 9.17) is 0 Å². The Labute approximate surface area is 146 Å². The lowest BCUT2D eigenvalue weighted by atomic mass is 10.0. The zero-order chi connectivity index (χ0) is 15.1. The standard InChI is InChI=1S/C15H11Br3N2O/c1-7-2-3-8(16)4-9(7)14(18)10-5-12-13(6-11(10)17)20-15(21)19-12/h2-6,14H,1H3,(H2,19,20,21). The minimum absolute atomic E-state index is 0.0344. The van der Waals surface area contributed by atoms with Gasteiger partial charge in [0.05, 0.1) is 15.9 Å². The van der Waals surface area contributed by atoms with Gasteiger partial charge in [-0.2, -0.15) is 0 Å². The van der Waals surface area contributed by atoms with E-state index < -0.39 is 0 Å². The summed E-state index contributed by atoms with van der Waals surface area (Å²) in [5.74, 6) is 0. The Hall–Kier alpha value is -0.850. The van der Waals surface area contributed by atoms with Crippen LogP contribution >= 0.6 is 47.8 Å². The van der Waals surface area contributed by atoms with Crippen molar-refractivity contribution in [1.82, 2.24) is 9.97 Å². The second kappa shape index (κ2) is 5.74. The van der Waals surface area contributed by atoms with Crippen LogP contribution in [0.4, 0.5) is 0 Å². The number of hydrogen-bond acceptors (Lipinski definition) is 1. The number of imidazole rings is 1. The first kappa shape index (κ1) is 15.1. The lowest BCUT2D eigenvalue weighted by Gasteiger charge is -2.16. The first-order valence-corrected chi connectivity index (χ1v) is 8.77. The van der Waals surface area contributed by atoms with Gasteiger partial charge >= 0.3 is 5.69 Å². The molecule has 1 heterocycles. The maximum absolute atomic E-state index is 11.4. The number of nitrogens with one attached hydrogen (secondary N) is 2. The first-order valence-electron chi connectivity index (χ1n) is 6.27. The van der Waals surface area contributed by atoms with Gasteiger partial charge in [0.25, 0.3) is 0 Å². The van der Waals surface area contributed by atoms with Gasteiger partial charge < -0.3 is 9.97 Å². The lowest BCUT2D eigenvalue weighted by molar-refractivity contribution is 1.13. The molecular weight excluding hydrogens is 464 g/mol. The predicted octanol–water partition coefficient (Wildman–Crippen LogP) is 5.17. The molecule has 0 aliphatic carbocycles. The van der Waals surface area contributed by atoms with Crippen LogP contribution in [0.25, 0.3) is 11.0 Å². The molecule has 108 valence electrons. The van der Waals surface area contributed by atoms with Crippen LogP contribution in [0.5, 0.6) is 0 Å². The molecule has 0 aliphatic heterocycles. The third kappa shape index (κ3) is 2.89. The number of alkyl halides is 1. The Balaban J connectivity index is 2.16. The van der Waals surface area contributed by atoms with E-state index in [1.54, 1.807) is 0 Å². The Morgan fingerprint density at radius 3 is 2.38 bits per heavy atom. The lowest BCUT2D eigenvalue weighted by Crippen LogP contribution is -1.99. The Morgan fingerprint density at radius 2 is 1.67 bits per heavy atom. The molecule has 0 spiro atoms. The first-order chi connectivity index (χ1) is 9.95. The van der Waals surface area contributed by atoms with Crippen molar-refractivity contribution in [1.29, 1.82) is 0 Å². The summed E-state index contributed by atoms with van der Waals surface area (Å²) >= 11 is 10.9. The molecule has 3 rings (SSSR count). The van der Waals surface area contributed by atoms with Gasteiger partial charge in [-0.25, -0.2) is 4.79 Å². The molecule has 1 unspecified atom stereocenters. The maximum atomic E-state index is 11.4. The number of aryl methyl sites for hydroxylation is 1. The molecule has 21 heavy (non-hydrogen) atoms. The number of aromatic amines is 2. The Bertz CT molecular complexity index is 882. The van der Waals surface area contributed by atoms with Gasteiger partial charge in [0.1, 0.15) is 0 Å². The summed E-state index contributed by atoms with van der Waals surface area (Å²) in [6.45, 7) is 2.08. The molecule has 6 heteroatoms. The second-order valence-corrected chi connectivity index (χ2v) is 7.55. The number of benzene rings is 2. The van der Waals surface area contributed by atoms with Gasteiger partial charge in [-0.15, -0.1) is 0 Å². The zero-order valence-corrected chi connectivity index (χ0v) is 15.8. The van der Waals surface area contributed by atoms with Crippen LogP contribution < -0.4 is 5.69 Å². The number of fused-ring (bicyclic) bond motifs is 1. The molecule has 0 saturated carbocycles. The minimum Gasteiger partial charge on any atom is -0.306 e. The summed E-state index contributed by atoms with van der Waals surface area (Å²) in [5.41, 5.74) is 4.85. The fourth-order valence-corrected chi connectivity index (χ4v) is 4.45. The molecule has 2 aromatic carbocycles. The highest BCUT2D eigenvalue weighted by Crippen LogP contribution is 2.39. The van der Waals surface area contributed by atoms with Gasteiger partial charge in [0, 0.05) is 8.95 Å². The highest BCUT2D eigenvalue weighted by atomic mass is 79.9. The number of aromatic nitrogens is 2. The quantitative estimate of drug-likeness (QED) is 0.494. The monoisotopic (exact) mass is 472 g/mol. The molecule has 0 amide bonds. The van der Waals surface area contributed by atoms with Crippen LogP contribution in [-0.4, -0.2) is 9.97 Å². The summed E-state index contributed by atoms with van der Waals surface area (Å²) in [6, 6.07) is 10.1. The van der Waals surface area contributed by atoms with Gasteiger partial charge in [-0.3, -0.25) is 0 Å². The van der Waals surface area contributed by atoms with E-state index in [0.717, 1.165) is 25.5 Å². The summed E-state index contributed by atoms with van der Waals surface area (Å²) in [7, 11) is 0. The minimum atomic E-state index is -0.196. The molecular formula is C15H11Br3N2O. The summed E-state index contributed by atoms with van der Waals surface area (Å²) < 4.78 is 1.99.